The van der Waals surface area contributed by atoms with Gasteiger partial charge in [-0.1, -0.05) is 18.2 Å². The van der Waals surface area contributed by atoms with Crippen LogP contribution in [0.5, 0.6) is 5.75 Å². The Morgan fingerprint density at radius 1 is 1.41 bits per heavy atom. The van der Waals surface area contributed by atoms with Crippen LogP contribution in [0.1, 0.15) is 18.1 Å². The van der Waals surface area contributed by atoms with Gasteiger partial charge in [0.1, 0.15) is 5.75 Å². The van der Waals surface area contributed by atoms with Crippen molar-refractivity contribution < 1.29 is 14.3 Å². The molecule has 0 bridgehead atoms. The molecule has 0 saturated heterocycles. The number of aryl methyl sites for hydroxylation is 1. The Bertz CT molecular complexity index is 377. The molecule has 0 aliphatic rings. The van der Waals surface area contributed by atoms with E-state index in [1.165, 1.54) is 0 Å². The van der Waals surface area contributed by atoms with Crippen LogP contribution >= 0.6 is 0 Å². The zero-order chi connectivity index (χ0) is 12.7. The summed E-state index contributed by atoms with van der Waals surface area (Å²) in [4.78, 5) is 11.2. The van der Waals surface area contributed by atoms with Gasteiger partial charge in [0, 0.05) is 0 Å². The Labute approximate surface area is 102 Å². The number of nitrogens with two attached hydrogens (primary N) is 1. The van der Waals surface area contributed by atoms with E-state index in [1.807, 2.05) is 25.1 Å². The summed E-state index contributed by atoms with van der Waals surface area (Å²) in [7, 11) is 0. The molecule has 1 rings (SSSR count). The monoisotopic (exact) mass is 237 g/mol. The second-order valence-corrected chi connectivity index (χ2v) is 3.70. The van der Waals surface area contributed by atoms with Crippen LogP contribution in [0.15, 0.2) is 18.2 Å². The second-order valence-electron chi connectivity index (χ2n) is 3.70. The van der Waals surface area contributed by atoms with Crippen molar-refractivity contribution in [2.45, 2.75) is 20.3 Å². The van der Waals surface area contributed by atoms with Crippen molar-refractivity contribution in [3.8, 4) is 5.75 Å². The summed E-state index contributed by atoms with van der Waals surface area (Å²) in [5.74, 6) is 0.389. The third kappa shape index (κ3) is 4.07. The van der Waals surface area contributed by atoms with Gasteiger partial charge in [-0.2, -0.15) is 0 Å². The van der Waals surface area contributed by atoms with Crippen LogP contribution in [0.3, 0.4) is 0 Å². The molecule has 4 heteroatoms. The first-order valence-corrected chi connectivity index (χ1v) is 5.76. The van der Waals surface area contributed by atoms with Gasteiger partial charge in [0.05, 0.1) is 6.61 Å². The summed E-state index contributed by atoms with van der Waals surface area (Å²) >= 11 is 0. The fourth-order valence-electron chi connectivity index (χ4n) is 1.61. The molecule has 0 amide bonds. The first-order valence-electron chi connectivity index (χ1n) is 5.76. The highest BCUT2D eigenvalue weighted by atomic mass is 16.6. The fourth-order valence-corrected chi connectivity index (χ4v) is 1.61. The van der Waals surface area contributed by atoms with Crippen LogP contribution in [-0.2, 0) is 16.0 Å². The van der Waals surface area contributed by atoms with E-state index in [0.29, 0.717) is 13.2 Å². The summed E-state index contributed by atoms with van der Waals surface area (Å²) in [6.07, 6.45) is 0.736. The van der Waals surface area contributed by atoms with E-state index in [4.69, 9.17) is 15.2 Å². The van der Waals surface area contributed by atoms with Crippen molar-refractivity contribution in [2.24, 2.45) is 5.73 Å². The molecular formula is C13H19NO3. The minimum Gasteiger partial charge on any atom is -0.481 e. The topological polar surface area (TPSA) is 61.5 Å². The molecule has 0 aliphatic heterocycles. The average Bonchev–Trinajstić information content (AvgIpc) is 2.29. The zero-order valence-corrected chi connectivity index (χ0v) is 10.4. The van der Waals surface area contributed by atoms with Crippen molar-refractivity contribution in [3.63, 3.8) is 0 Å². The summed E-state index contributed by atoms with van der Waals surface area (Å²) < 4.78 is 10.3. The van der Waals surface area contributed by atoms with E-state index >= 15 is 0 Å². The maximum Gasteiger partial charge on any atom is 0.344 e. The van der Waals surface area contributed by atoms with Gasteiger partial charge in [-0.15, -0.1) is 0 Å². The molecule has 0 unspecified atom stereocenters. The van der Waals surface area contributed by atoms with Crippen LogP contribution in [-0.4, -0.2) is 25.7 Å². The van der Waals surface area contributed by atoms with E-state index in [9.17, 15) is 4.79 Å². The molecule has 0 atom stereocenters. The van der Waals surface area contributed by atoms with Crippen LogP contribution in [0, 0.1) is 6.92 Å². The minimum absolute atomic E-state index is 0.0593. The molecule has 1 aromatic carbocycles. The van der Waals surface area contributed by atoms with E-state index in [0.717, 1.165) is 23.3 Å². The van der Waals surface area contributed by atoms with Gasteiger partial charge >= 0.3 is 5.97 Å². The first kappa shape index (κ1) is 13.5. The lowest BCUT2D eigenvalue weighted by Gasteiger charge is -2.13. The number of para-hydroxylation sites is 1. The predicted molar refractivity (Wildman–Crippen MR) is 66.1 cm³/mol. The Balaban J connectivity index is 2.71. The number of carbonyl (C=O) groups excluding carboxylic acids is 1. The first-order chi connectivity index (χ1) is 8.19. The molecule has 0 radical (unpaired) electrons. The molecule has 1 aromatic rings. The number of benzene rings is 1. The summed E-state index contributed by atoms with van der Waals surface area (Å²) in [6.45, 7) is 4.58. The van der Waals surface area contributed by atoms with Gasteiger partial charge in [-0.3, -0.25) is 0 Å². The van der Waals surface area contributed by atoms with Crippen molar-refractivity contribution in [1.82, 2.24) is 0 Å². The Morgan fingerprint density at radius 2 is 2.18 bits per heavy atom. The fraction of sp³-hybridized carbons (Fsp3) is 0.462. The third-order valence-electron chi connectivity index (χ3n) is 2.35. The minimum atomic E-state index is -0.352. The van der Waals surface area contributed by atoms with E-state index < -0.39 is 0 Å². The molecule has 4 nitrogen and oxygen atoms in total. The Kier molecular flexibility index (Phi) is 5.49. The van der Waals surface area contributed by atoms with Crippen molar-refractivity contribution in [1.29, 1.82) is 0 Å². The standard InChI is InChI=1S/C13H19NO3/c1-3-16-12(15)9-17-13-10(2)5-4-6-11(13)7-8-14/h4-6H,3,7-9,14H2,1-2H3. The number of esters is 1. The lowest BCUT2D eigenvalue weighted by molar-refractivity contribution is -0.145. The van der Waals surface area contributed by atoms with Gasteiger partial charge < -0.3 is 15.2 Å². The number of carbonyl (C=O) groups is 1. The smallest absolute Gasteiger partial charge is 0.344 e. The number of ether oxygens (including phenoxy) is 2. The van der Waals surface area contributed by atoms with Crippen LogP contribution in [0.4, 0.5) is 0 Å². The van der Waals surface area contributed by atoms with Crippen LogP contribution in [0.25, 0.3) is 0 Å². The molecule has 17 heavy (non-hydrogen) atoms. The normalized spacial score (nSPS) is 10.1. The average molecular weight is 237 g/mol. The van der Waals surface area contributed by atoms with Crippen molar-refractivity contribution in [2.75, 3.05) is 19.8 Å². The SMILES string of the molecule is CCOC(=O)COc1c(C)cccc1CCN. The molecule has 0 heterocycles. The van der Waals surface area contributed by atoms with Gasteiger partial charge in [0.25, 0.3) is 0 Å². The highest BCUT2D eigenvalue weighted by Gasteiger charge is 2.09. The Morgan fingerprint density at radius 3 is 2.82 bits per heavy atom. The molecular weight excluding hydrogens is 218 g/mol. The molecule has 0 aromatic heterocycles. The largest absolute Gasteiger partial charge is 0.481 e. The van der Waals surface area contributed by atoms with E-state index in [-0.39, 0.29) is 12.6 Å². The molecule has 0 aliphatic carbocycles. The van der Waals surface area contributed by atoms with Crippen LogP contribution in [0.2, 0.25) is 0 Å². The number of hydrogen-bond donors (Lipinski definition) is 1. The lowest BCUT2D eigenvalue weighted by atomic mass is 10.1. The van der Waals surface area contributed by atoms with Gasteiger partial charge in [0.2, 0.25) is 0 Å². The van der Waals surface area contributed by atoms with Gasteiger partial charge in [0.15, 0.2) is 6.61 Å². The third-order valence-corrected chi connectivity index (χ3v) is 2.35. The molecule has 0 saturated carbocycles. The molecule has 0 spiro atoms. The predicted octanol–water partition coefficient (Wildman–Crippen LogP) is 1.44. The maximum absolute atomic E-state index is 11.2. The van der Waals surface area contributed by atoms with Crippen molar-refractivity contribution >= 4 is 5.97 Å². The molecule has 0 fully saturated rings. The zero-order valence-electron chi connectivity index (χ0n) is 10.4. The van der Waals surface area contributed by atoms with Crippen molar-refractivity contribution in [3.05, 3.63) is 29.3 Å². The number of rotatable bonds is 6. The lowest BCUT2D eigenvalue weighted by Crippen LogP contribution is -2.16. The number of hydrogen-bond acceptors (Lipinski definition) is 4. The molecule has 2 N–H and O–H groups in total. The van der Waals surface area contributed by atoms with Crippen LogP contribution < -0.4 is 10.5 Å². The van der Waals surface area contributed by atoms with E-state index in [1.54, 1.807) is 6.92 Å². The highest BCUT2D eigenvalue weighted by Crippen LogP contribution is 2.23. The maximum atomic E-state index is 11.2. The summed E-state index contributed by atoms with van der Waals surface area (Å²) in [5, 5.41) is 0. The second kappa shape index (κ2) is 6.91. The van der Waals surface area contributed by atoms with E-state index in [2.05, 4.69) is 0 Å². The molecule has 94 valence electrons. The quantitative estimate of drug-likeness (QED) is 0.760. The highest BCUT2D eigenvalue weighted by molar-refractivity contribution is 5.71. The summed E-state index contributed by atoms with van der Waals surface area (Å²) in [5.41, 5.74) is 7.56. The van der Waals surface area contributed by atoms with Gasteiger partial charge in [-0.05, 0) is 37.9 Å². The summed E-state index contributed by atoms with van der Waals surface area (Å²) in [6, 6.07) is 5.86. The Hall–Kier alpha value is -1.55. The van der Waals surface area contributed by atoms with Gasteiger partial charge in [-0.25, -0.2) is 4.79 Å².